The van der Waals surface area contributed by atoms with Crippen LogP contribution >= 0.6 is 0 Å². The van der Waals surface area contributed by atoms with E-state index in [9.17, 15) is 4.79 Å². The Morgan fingerprint density at radius 2 is 1.59 bits per heavy atom. The van der Waals surface area contributed by atoms with Crippen molar-refractivity contribution in [2.24, 2.45) is 5.10 Å². The van der Waals surface area contributed by atoms with Gasteiger partial charge in [-0.15, -0.1) is 0 Å². The first-order valence-electron chi connectivity index (χ1n) is 9.99. The van der Waals surface area contributed by atoms with Crippen molar-refractivity contribution in [1.82, 2.24) is 5.01 Å². The molecule has 1 heterocycles. The monoisotopic (exact) mass is 384 g/mol. The maximum absolute atomic E-state index is 13.0. The van der Waals surface area contributed by atoms with Crippen molar-refractivity contribution in [3.63, 3.8) is 0 Å². The van der Waals surface area contributed by atoms with Crippen molar-refractivity contribution in [2.75, 3.05) is 6.54 Å². The zero-order valence-corrected chi connectivity index (χ0v) is 16.9. The molecule has 0 aliphatic carbocycles. The minimum atomic E-state index is -0.137. The van der Waals surface area contributed by atoms with Crippen LogP contribution in [0.15, 0.2) is 90.0 Å². The van der Waals surface area contributed by atoms with Crippen LogP contribution in [0.4, 0.5) is 0 Å². The van der Waals surface area contributed by atoms with Gasteiger partial charge in [0.05, 0.1) is 5.71 Å². The number of aryl methyl sites for hydroxylation is 1. The molecule has 1 fully saturated rings. The molecule has 1 amide bonds. The van der Waals surface area contributed by atoms with Crippen LogP contribution in [0.25, 0.3) is 0 Å². The average Bonchev–Trinajstić information content (AvgIpc) is 3.04. The van der Waals surface area contributed by atoms with Gasteiger partial charge in [-0.1, -0.05) is 90.5 Å². The largest absolute Gasteiger partial charge is 0.303 e. The van der Waals surface area contributed by atoms with Crippen molar-refractivity contribution in [3.8, 4) is 0 Å². The summed E-state index contributed by atoms with van der Waals surface area (Å²) in [6, 6.07) is 28.8. The summed E-state index contributed by atoms with van der Waals surface area (Å²) in [6.07, 6.45) is -0.137. The van der Waals surface area contributed by atoms with E-state index in [1.807, 2.05) is 55.5 Å². The van der Waals surface area contributed by atoms with Crippen molar-refractivity contribution in [2.45, 2.75) is 26.6 Å². The van der Waals surface area contributed by atoms with Crippen LogP contribution in [0, 0.1) is 6.92 Å². The Kier molecular flexibility index (Phi) is 5.54. The highest BCUT2D eigenvalue weighted by atomic mass is 16.2. The van der Waals surface area contributed by atoms with E-state index in [1.165, 1.54) is 16.0 Å². The summed E-state index contributed by atoms with van der Waals surface area (Å²) in [5.41, 5.74) is 5.41. The molecule has 0 aromatic heterocycles. The molecule has 3 aromatic carbocycles. The first-order valence-corrected chi connectivity index (χ1v) is 9.99. The molecule has 0 radical (unpaired) electrons. The molecule has 29 heavy (non-hydrogen) atoms. The summed E-state index contributed by atoms with van der Waals surface area (Å²) in [5.74, 6) is 0.0526. The molecular weight excluding hydrogens is 358 g/mol. The fourth-order valence-electron chi connectivity index (χ4n) is 3.84. The zero-order valence-electron chi connectivity index (χ0n) is 16.9. The molecule has 4 heteroatoms. The van der Waals surface area contributed by atoms with E-state index in [-0.39, 0.29) is 12.1 Å². The van der Waals surface area contributed by atoms with Gasteiger partial charge < -0.3 is 0 Å². The second-order valence-corrected chi connectivity index (χ2v) is 7.60. The van der Waals surface area contributed by atoms with Crippen LogP contribution in [0.3, 0.4) is 0 Å². The van der Waals surface area contributed by atoms with Gasteiger partial charge in [0.15, 0.2) is 6.54 Å². The van der Waals surface area contributed by atoms with E-state index in [1.54, 1.807) is 5.01 Å². The van der Waals surface area contributed by atoms with Gasteiger partial charge in [0.2, 0.25) is 6.17 Å². The van der Waals surface area contributed by atoms with Crippen molar-refractivity contribution >= 4 is 11.6 Å². The van der Waals surface area contributed by atoms with Crippen LogP contribution in [0.1, 0.15) is 35.3 Å². The molecule has 1 N–H and O–H groups in total. The molecular formula is C25H26N3O+. The predicted octanol–water partition coefficient (Wildman–Crippen LogP) is 3.35. The molecule has 3 aromatic rings. The lowest BCUT2D eigenvalue weighted by Crippen LogP contribution is -3.09. The van der Waals surface area contributed by atoms with E-state index in [0.29, 0.717) is 6.54 Å². The molecule has 146 valence electrons. The van der Waals surface area contributed by atoms with Crippen molar-refractivity contribution in [1.29, 1.82) is 0 Å². The molecule has 4 nitrogen and oxygen atoms in total. The number of quaternary nitrogens is 1. The molecule has 0 saturated carbocycles. The fraction of sp³-hybridized carbons (Fsp3) is 0.200. The zero-order chi connectivity index (χ0) is 20.2. The number of rotatable bonds is 5. The Morgan fingerprint density at radius 3 is 2.24 bits per heavy atom. The molecule has 0 bridgehead atoms. The van der Waals surface area contributed by atoms with Gasteiger partial charge in [0.25, 0.3) is 0 Å². The number of hydrogen-bond acceptors (Lipinski definition) is 2. The maximum Gasteiger partial charge on any atom is 0.303 e. The number of amides is 1. The normalized spacial score (nSPS) is 19.6. The van der Waals surface area contributed by atoms with E-state index < -0.39 is 0 Å². The molecule has 4 rings (SSSR count). The van der Waals surface area contributed by atoms with Crippen LogP contribution < -0.4 is 4.90 Å². The lowest BCUT2D eigenvalue weighted by molar-refractivity contribution is -0.936. The van der Waals surface area contributed by atoms with Gasteiger partial charge in [0.1, 0.15) is 6.54 Å². The minimum Gasteiger partial charge on any atom is -0.298 e. The standard InChI is InChI=1S/C25H25N3O/c1-19-13-15-23(16-14-19)25-27(17-21-9-5-3-6-10-21)18-24(29)28(25)26-20(2)22-11-7-4-8-12-22/h3-16,25H,17-18H2,1-2H3/p+1/b26-20-/t25-/m0/s1. The molecule has 0 spiro atoms. The van der Waals surface area contributed by atoms with E-state index >= 15 is 0 Å². The summed E-state index contributed by atoms with van der Waals surface area (Å²) in [5, 5.41) is 6.46. The summed E-state index contributed by atoms with van der Waals surface area (Å²) in [6.45, 7) is 5.25. The highest BCUT2D eigenvalue weighted by Crippen LogP contribution is 2.21. The molecule has 1 unspecified atom stereocenters. The Hall–Kier alpha value is -3.24. The van der Waals surface area contributed by atoms with E-state index in [0.717, 1.165) is 23.4 Å². The summed E-state index contributed by atoms with van der Waals surface area (Å²) in [7, 11) is 0. The topological polar surface area (TPSA) is 37.1 Å². The number of nitrogens with zero attached hydrogens (tertiary/aromatic N) is 2. The van der Waals surface area contributed by atoms with E-state index in [4.69, 9.17) is 5.10 Å². The van der Waals surface area contributed by atoms with Crippen LogP contribution in [0.2, 0.25) is 0 Å². The van der Waals surface area contributed by atoms with E-state index in [2.05, 4.69) is 43.3 Å². The van der Waals surface area contributed by atoms with Gasteiger partial charge >= 0.3 is 5.91 Å². The number of carbonyl (C=O) groups is 1. The van der Waals surface area contributed by atoms with Crippen LogP contribution in [-0.4, -0.2) is 23.2 Å². The lowest BCUT2D eigenvalue weighted by atomic mass is 10.1. The van der Waals surface area contributed by atoms with Crippen LogP contribution in [0.5, 0.6) is 0 Å². The Labute approximate surface area is 172 Å². The minimum absolute atomic E-state index is 0.0526. The van der Waals surface area contributed by atoms with Gasteiger partial charge in [-0.25, -0.2) is 0 Å². The Balaban J connectivity index is 1.70. The first-order chi connectivity index (χ1) is 14.1. The second-order valence-electron chi connectivity index (χ2n) is 7.60. The number of hydrogen-bond donors (Lipinski definition) is 1. The SMILES string of the molecule is C/C(=N/N1C(=O)C[NH+](Cc2ccccc2)[C@@H]1c1ccc(C)cc1)c1ccccc1. The molecule has 1 aliphatic rings. The van der Waals surface area contributed by atoms with Gasteiger partial charge in [-0.05, 0) is 19.4 Å². The van der Waals surface area contributed by atoms with Gasteiger partial charge in [-0.3, -0.25) is 9.69 Å². The average molecular weight is 385 g/mol. The first kappa shape index (κ1) is 19.1. The number of carbonyl (C=O) groups excluding carboxylic acids is 1. The number of benzene rings is 3. The summed E-state index contributed by atoms with van der Waals surface area (Å²) < 4.78 is 0. The Morgan fingerprint density at radius 1 is 0.966 bits per heavy atom. The third kappa shape index (κ3) is 4.28. The fourth-order valence-corrected chi connectivity index (χ4v) is 3.84. The van der Waals surface area contributed by atoms with Crippen molar-refractivity contribution in [3.05, 3.63) is 107 Å². The number of hydrazone groups is 1. The molecule has 1 saturated heterocycles. The third-order valence-electron chi connectivity index (χ3n) is 5.38. The molecule has 2 atom stereocenters. The molecule has 1 aliphatic heterocycles. The summed E-state index contributed by atoms with van der Waals surface area (Å²) >= 11 is 0. The van der Waals surface area contributed by atoms with Gasteiger partial charge in [0, 0.05) is 11.1 Å². The maximum atomic E-state index is 13.0. The number of nitrogens with one attached hydrogen (secondary N) is 1. The van der Waals surface area contributed by atoms with Gasteiger partial charge in [-0.2, -0.15) is 10.1 Å². The lowest BCUT2D eigenvalue weighted by Gasteiger charge is -2.25. The third-order valence-corrected chi connectivity index (χ3v) is 5.38. The van der Waals surface area contributed by atoms with Crippen molar-refractivity contribution < 1.29 is 9.69 Å². The van der Waals surface area contributed by atoms with Crippen LogP contribution in [-0.2, 0) is 11.3 Å². The highest BCUT2D eigenvalue weighted by molar-refractivity contribution is 5.99. The quantitative estimate of drug-likeness (QED) is 0.673. The predicted molar refractivity (Wildman–Crippen MR) is 115 cm³/mol. The Bertz CT molecular complexity index is 997. The second kappa shape index (κ2) is 8.41. The highest BCUT2D eigenvalue weighted by Gasteiger charge is 2.43. The summed E-state index contributed by atoms with van der Waals surface area (Å²) in [4.78, 5) is 14.2. The smallest absolute Gasteiger partial charge is 0.298 e.